The van der Waals surface area contributed by atoms with Gasteiger partial charge in [-0.1, -0.05) is 30.9 Å². The summed E-state index contributed by atoms with van der Waals surface area (Å²) in [5.74, 6) is -0.233. The van der Waals surface area contributed by atoms with Gasteiger partial charge in [0, 0.05) is 11.1 Å². The summed E-state index contributed by atoms with van der Waals surface area (Å²) < 4.78 is 5.43. The first-order valence-corrected chi connectivity index (χ1v) is 5.51. The highest BCUT2D eigenvalue weighted by Gasteiger charge is 2.75. The van der Waals surface area contributed by atoms with Crippen molar-refractivity contribution in [2.24, 2.45) is 0 Å². The molecule has 0 radical (unpaired) electrons. The van der Waals surface area contributed by atoms with Gasteiger partial charge in [0.25, 0.3) is 0 Å². The van der Waals surface area contributed by atoms with Crippen LogP contribution in [-0.4, -0.2) is 22.8 Å². The molecule has 1 heterocycles. The second-order valence-corrected chi connectivity index (χ2v) is 4.80. The van der Waals surface area contributed by atoms with Gasteiger partial charge in [-0.3, -0.25) is 9.59 Å². The predicted octanol–water partition coefficient (Wildman–Crippen LogP) is 2.26. The van der Waals surface area contributed by atoms with E-state index in [4.69, 9.17) is 4.74 Å². The van der Waals surface area contributed by atoms with E-state index in [1.54, 1.807) is 38.1 Å². The van der Waals surface area contributed by atoms with Crippen molar-refractivity contribution >= 4 is 17.6 Å². The molecule has 0 saturated carbocycles. The highest BCUT2D eigenvalue weighted by molar-refractivity contribution is 6.25. The van der Waals surface area contributed by atoms with Crippen molar-refractivity contribution in [1.29, 1.82) is 0 Å². The van der Waals surface area contributed by atoms with Gasteiger partial charge in [-0.2, -0.15) is 0 Å². The Morgan fingerprint density at radius 2 is 1.82 bits per heavy atom. The van der Waals surface area contributed by atoms with Crippen LogP contribution in [0.3, 0.4) is 0 Å². The number of epoxide rings is 1. The van der Waals surface area contributed by atoms with E-state index in [9.17, 15) is 9.59 Å². The molecule has 1 aromatic carbocycles. The summed E-state index contributed by atoms with van der Waals surface area (Å²) in [6.45, 7) is 7.03. The van der Waals surface area contributed by atoms with Gasteiger partial charge in [0.1, 0.15) is 0 Å². The fourth-order valence-electron chi connectivity index (χ4n) is 2.59. The van der Waals surface area contributed by atoms with Crippen molar-refractivity contribution in [2.45, 2.75) is 25.0 Å². The maximum Gasteiger partial charge on any atom is 0.199 e. The van der Waals surface area contributed by atoms with Crippen molar-refractivity contribution in [3.63, 3.8) is 0 Å². The van der Waals surface area contributed by atoms with Crippen LogP contribution in [-0.2, 0) is 4.74 Å². The van der Waals surface area contributed by atoms with Crippen LogP contribution in [0.5, 0.6) is 0 Å². The molecular formula is C14H12O3. The van der Waals surface area contributed by atoms with Gasteiger partial charge in [0.2, 0.25) is 0 Å². The van der Waals surface area contributed by atoms with Crippen LogP contribution in [0.2, 0.25) is 0 Å². The molecule has 2 aliphatic rings. The minimum Gasteiger partial charge on any atom is -0.346 e. The maximum absolute atomic E-state index is 12.4. The van der Waals surface area contributed by atoms with Gasteiger partial charge >= 0.3 is 0 Å². The van der Waals surface area contributed by atoms with Crippen molar-refractivity contribution < 1.29 is 14.3 Å². The zero-order valence-electron chi connectivity index (χ0n) is 9.74. The summed E-state index contributed by atoms with van der Waals surface area (Å²) in [6.07, 6.45) is 1.60. The number of carbonyl (C=O) groups excluding carboxylic acids is 2. The molecule has 0 aromatic heterocycles. The minimum absolute atomic E-state index is 0.113. The van der Waals surface area contributed by atoms with Gasteiger partial charge < -0.3 is 4.74 Å². The maximum atomic E-state index is 12.4. The molecule has 2 atom stereocenters. The molecule has 3 rings (SSSR count). The van der Waals surface area contributed by atoms with Gasteiger partial charge in [-0.25, -0.2) is 0 Å². The highest BCUT2D eigenvalue weighted by atomic mass is 16.6. The molecule has 3 heteroatoms. The lowest BCUT2D eigenvalue weighted by Gasteiger charge is -2.21. The third-order valence-corrected chi connectivity index (χ3v) is 3.93. The van der Waals surface area contributed by atoms with Gasteiger partial charge in [0.15, 0.2) is 22.8 Å². The number of ether oxygens (including phenoxy) is 1. The topological polar surface area (TPSA) is 46.7 Å². The van der Waals surface area contributed by atoms with Crippen molar-refractivity contribution in [3.05, 3.63) is 41.5 Å². The third kappa shape index (κ3) is 0.960. The molecule has 0 amide bonds. The lowest BCUT2D eigenvalue weighted by Crippen LogP contribution is -2.41. The molecule has 1 aliphatic carbocycles. The van der Waals surface area contributed by atoms with E-state index >= 15 is 0 Å². The van der Waals surface area contributed by atoms with Crippen LogP contribution in [0.25, 0.3) is 6.08 Å². The Kier molecular flexibility index (Phi) is 1.68. The summed E-state index contributed by atoms with van der Waals surface area (Å²) in [5.41, 5.74) is -0.373. The van der Waals surface area contributed by atoms with Crippen LogP contribution in [0.1, 0.15) is 40.1 Å². The Hall–Kier alpha value is -1.74. The molecular weight excluding hydrogens is 216 g/mol. The molecule has 2 unspecified atom stereocenters. The fraction of sp³-hybridized carbons (Fsp3) is 0.286. The van der Waals surface area contributed by atoms with Gasteiger partial charge in [-0.15, -0.1) is 0 Å². The number of hydrogen-bond donors (Lipinski definition) is 0. The molecule has 17 heavy (non-hydrogen) atoms. The van der Waals surface area contributed by atoms with Gasteiger partial charge in [0.05, 0.1) is 0 Å². The Morgan fingerprint density at radius 1 is 1.18 bits per heavy atom. The number of rotatable bonds is 1. The van der Waals surface area contributed by atoms with E-state index in [0.29, 0.717) is 16.7 Å². The molecule has 0 N–H and O–H groups in total. The summed E-state index contributed by atoms with van der Waals surface area (Å²) in [6, 6.07) is 5.22. The van der Waals surface area contributed by atoms with Crippen molar-refractivity contribution in [1.82, 2.24) is 0 Å². The first-order valence-electron chi connectivity index (χ1n) is 5.51. The second-order valence-electron chi connectivity index (χ2n) is 4.80. The summed E-state index contributed by atoms with van der Waals surface area (Å²) in [5, 5.41) is 0. The van der Waals surface area contributed by atoms with E-state index in [0.717, 1.165) is 0 Å². The largest absolute Gasteiger partial charge is 0.346 e. The number of carbonyl (C=O) groups is 2. The molecule has 86 valence electrons. The van der Waals surface area contributed by atoms with Crippen molar-refractivity contribution in [2.75, 3.05) is 0 Å². The Balaban J connectivity index is 2.34. The van der Waals surface area contributed by atoms with E-state index in [2.05, 4.69) is 6.58 Å². The van der Waals surface area contributed by atoms with Crippen molar-refractivity contribution in [3.8, 4) is 0 Å². The standard InChI is InChI=1S/C14H12O3/c1-4-8-6-5-7-9-10(8)12(16)14(3)13(2,17-14)11(9)15/h4-7H,1H2,2-3H3. The normalized spacial score (nSPS) is 34.0. The Morgan fingerprint density at radius 3 is 2.47 bits per heavy atom. The minimum atomic E-state index is -0.990. The number of Topliss-reactive ketones (excluding diaryl/α,β-unsaturated/α-hetero) is 2. The predicted molar refractivity (Wildman–Crippen MR) is 63.1 cm³/mol. The Labute approximate surface area is 99.1 Å². The molecule has 1 fully saturated rings. The number of hydrogen-bond acceptors (Lipinski definition) is 3. The Bertz CT molecular complexity index is 587. The quantitative estimate of drug-likeness (QED) is 0.692. The molecule has 3 nitrogen and oxygen atoms in total. The van der Waals surface area contributed by atoms with Crippen LogP contribution in [0.15, 0.2) is 24.8 Å². The number of benzene rings is 1. The summed E-state index contributed by atoms with van der Waals surface area (Å²) in [7, 11) is 0. The number of fused-ring (bicyclic) bond motifs is 2. The zero-order valence-corrected chi connectivity index (χ0v) is 9.74. The van der Waals surface area contributed by atoms with Crippen LogP contribution in [0.4, 0.5) is 0 Å². The molecule has 0 bridgehead atoms. The molecule has 0 spiro atoms. The molecule has 1 aliphatic heterocycles. The van der Waals surface area contributed by atoms with Crippen LogP contribution < -0.4 is 0 Å². The highest BCUT2D eigenvalue weighted by Crippen LogP contribution is 2.55. The van der Waals surface area contributed by atoms with Gasteiger partial charge in [-0.05, 0) is 19.4 Å². The second kappa shape index (κ2) is 2.74. The average Bonchev–Trinajstić information content (AvgIpc) is 2.91. The summed E-state index contributed by atoms with van der Waals surface area (Å²) in [4.78, 5) is 24.7. The van der Waals surface area contributed by atoms with E-state index in [1.165, 1.54) is 0 Å². The van der Waals surface area contributed by atoms with E-state index in [-0.39, 0.29) is 11.6 Å². The van der Waals surface area contributed by atoms with E-state index < -0.39 is 11.2 Å². The lowest BCUT2D eigenvalue weighted by molar-refractivity contribution is 0.0854. The SMILES string of the molecule is C=Cc1cccc2c1C(=O)C1(C)OC1(C)C2=O. The third-order valence-electron chi connectivity index (χ3n) is 3.93. The first-order chi connectivity index (χ1) is 7.95. The zero-order chi connectivity index (χ0) is 12.4. The average molecular weight is 228 g/mol. The lowest BCUT2D eigenvalue weighted by atomic mass is 9.74. The molecule has 1 saturated heterocycles. The fourth-order valence-corrected chi connectivity index (χ4v) is 2.59. The smallest absolute Gasteiger partial charge is 0.199 e. The monoisotopic (exact) mass is 228 g/mol. The van der Waals surface area contributed by atoms with Crippen LogP contribution >= 0.6 is 0 Å². The summed E-state index contributed by atoms with van der Waals surface area (Å²) >= 11 is 0. The van der Waals surface area contributed by atoms with Crippen LogP contribution in [0, 0.1) is 0 Å². The van der Waals surface area contributed by atoms with E-state index in [1.807, 2.05) is 0 Å². The number of ketones is 2. The first kappa shape index (κ1) is 10.4. The molecule has 1 aromatic rings.